The van der Waals surface area contributed by atoms with E-state index in [0.29, 0.717) is 5.75 Å². The molecule has 0 amide bonds. The normalized spacial score (nSPS) is 11.4. The lowest BCUT2D eigenvalue weighted by molar-refractivity contribution is -0.137. The molecular weight excluding hydrogens is 393 g/mol. The van der Waals surface area contributed by atoms with Gasteiger partial charge in [-0.3, -0.25) is 0 Å². The molecule has 0 atom stereocenters. The van der Waals surface area contributed by atoms with E-state index in [-0.39, 0.29) is 11.0 Å². The molecule has 0 unspecified atom stereocenters. The van der Waals surface area contributed by atoms with E-state index < -0.39 is 11.7 Å². The molecule has 1 heterocycles. The molecular formula is C12H6ClF3INO. The van der Waals surface area contributed by atoms with Gasteiger partial charge in [0, 0.05) is 9.64 Å². The first-order valence-electron chi connectivity index (χ1n) is 5.03. The van der Waals surface area contributed by atoms with Crippen molar-refractivity contribution in [2.24, 2.45) is 0 Å². The average Bonchev–Trinajstić information content (AvgIpc) is 2.26. The molecule has 2 rings (SSSR count). The van der Waals surface area contributed by atoms with Gasteiger partial charge in [-0.25, -0.2) is 4.98 Å². The van der Waals surface area contributed by atoms with E-state index >= 15 is 0 Å². The highest BCUT2D eigenvalue weighted by molar-refractivity contribution is 14.1. The van der Waals surface area contributed by atoms with Gasteiger partial charge in [-0.15, -0.1) is 0 Å². The highest BCUT2D eigenvalue weighted by Gasteiger charge is 2.31. The number of alkyl halides is 3. The molecule has 0 saturated carbocycles. The van der Waals surface area contributed by atoms with Gasteiger partial charge in [-0.1, -0.05) is 17.7 Å². The minimum absolute atomic E-state index is 0.193. The lowest BCUT2D eigenvalue weighted by atomic mass is 10.2. The van der Waals surface area contributed by atoms with E-state index in [2.05, 4.69) is 27.6 Å². The second-order valence-corrected chi connectivity index (χ2v) is 5.21. The summed E-state index contributed by atoms with van der Waals surface area (Å²) in [5.41, 5.74) is -0.895. The number of nitrogens with zero attached hydrogens (tertiary/aromatic N) is 1. The Balaban J connectivity index is 2.33. The molecule has 0 aliphatic heterocycles. The molecule has 0 saturated heterocycles. The van der Waals surface area contributed by atoms with Crippen LogP contribution in [0.15, 0.2) is 36.4 Å². The summed E-state index contributed by atoms with van der Waals surface area (Å²) in [6, 6.07) is 8.43. The molecule has 0 radical (unpaired) electrons. The second kappa shape index (κ2) is 5.54. The fraction of sp³-hybridized carbons (Fsp3) is 0.0833. The van der Waals surface area contributed by atoms with Crippen LogP contribution in [-0.2, 0) is 6.18 Å². The Kier molecular flexibility index (Phi) is 4.19. The highest BCUT2D eigenvalue weighted by Crippen LogP contribution is 2.33. The van der Waals surface area contributed by atoms with Gasteiger partial charge in [-0.05, 0) is 46.9 Å². The second-order valence-electron chi connectivity index (χ2n) is 3.57. The van der Waals surface area contributed by atoms with Crippen molar-refractivity contribution in [2.75, 3.05) is 0 Å². The lowest BCUT2D eigenvalue weighted by Gasteiger charge is -2.10. The first-order chi connectivity index (χ1) is 8.84. The number of ether oxygens (including phenoxy) is 1. The number of pyridine rings is 1. The highest BCUT2D eigenvalue weighted by atomic mass is 127. The summed E-state index contributed by atoms with van der Waals surface area (Å²) in [6.45, 7) is 0. The van der Waals surface area contributed by atoms with E-state index in [4.69, 9.17) is 16.3 Å². The lowest BCUT2D eigenvalue weighted by Crippen LogP contribution is -2.05. The van der Waals surface area contributed by atoms with Gasteiger partial charge < -0.3 is 4.74 Å². The molecule has 2 aromatic rings. The molecule has 1 aromatic heterocycles. The summed E-state index contributed by atoms with van der Waals surface area (Å²) in [5, 5.41) is -0.268. The SMILES string of the molecule is FC(F)(F)c1cc(Cl)nc(Oc2cccc(I)c2)c1. The zero-order valence-corrected chi connectivity index (χ0v) is 12.1. The number of rotatable bonds is 2. The maximum absolute atomic E-state index is 12.6. The molecule has 100 valence electrons. The smallest absolute Gasteiger partial charge is 0.416 e. The van der Waals surface area contributed by atoms with Crippen molar-refractivity contribution in [1.29, 1.82) is 0 Å². The van der Waals surface area contributed by atoms with Gasteiger partial charge in [0.15, 0.2) is 0 Å². The van der Waals surface area contributed by atoms with Crippen LogP contribution < -0.4 is 4.74 Å². The van der Waals surface area contributed by atoms with E-state index in [1.165, 1.54) is 0 Å². The van der Waals surface area contributed by atoms with Gasteiger partial charge in [-0.2, -0.15) is 13.2 Å². The molecule has 1 aromatic carbocycles. The predicted molar refractivity (Wildman–Crippen MR) is 73.5 cm³/mol. The monoisotopic (exact) mass is 399 g/mol. The molecule has 0 aliphatic rings. The van der Waals surface area contributed by atoms with Crippen LogP contribution in [0, 0.1) is 3.57 Å². The zero-order chi connectivity index (χ0) is 14.0. The van der Waals surface area contributed by atoms with Crippen molar-refractivity contribution in [2.45, 2.75) is 6.18 Å². The molecule has 0 bridgehead atoms. The first-order valence-corrected chi connectivity index (χ1v) is 6.48. The largest absolute Gasteiger partial charge is 0.439 e. The van der Waals surface area contributed by atoms with E-state index in [9.17, 15) is 13.2 Å². The average molecular weight is 400 g/mol. The zero-order valence-electron chi connectivity index (χ0n) is 9.21. The summed E-state index contributed by atoms with van der Waals surface area (Å²) in [7, 11) is 0. The Labute approximate surface area is 125 Å². The topological polar surface area (TPSA) is 22.1 Å². The van der Waals surface area contributed by atoms with Crippen molar-refractivity contribution in [3.63, 3.8) is 0 Å². The minimum atomic E-state index is -4.49. The molecule has 0 fully saturated rings. The maximum Gasteiger partial charge on any atom is 0.416 e. The molecule has 7 heteroatoms. The predicted octanol–water partition coefficient (Wildman–Crippen LogP) is 5.15. The Bertz CT molecular complexity index is 604. The number of hydrogen-bond donors (Lipinski definition) is 0. The van der Waals surface area contributed by atoms with Crippen LogP contribution in [0.5, 0.6) is 11.6 Å². The van der Waals surface area contributed by atoms with Crippen molar-refractivity contribution < 1.29 is 17.9 Å². The van der Waals surface area contributed by atoms with Gasteiger partial charge in [0.1, 0.15) is 10.9 Å². The third-order valence-corrected chi connectivity index (χ3v) is 2.98. The van der Waals surface area contributed by atoms with E-state index in [0.717, 1.165) is 15.7 Å². The van der Waals surface area contributed by atoms with Crippen LogP contribution in [0.4, 0.5) is 13.2 Å². The quantitative estimate of drug-likeness (QED) is 0.515. The van der Waals surface area contributed by atoms with Crippen molar-refractivity contribution in [1.82, 2.24) is 4.98 Å². The van der Waals surface area contributed by atoms with Crippen LogP contribution in [0.1, 0.15) is 5.56 Å². The van der Waals surface area contributed by atoms with Gasteiger partial charge in [0.25, 0.3) is 0 Å². The number of hydrogen-bond acceptors (Lipinski definition) is 2. The standard InChI is InChI=1S/C12H6ClF3INO/c13-10-4-7(12(14,15)16)5-11(18-10)19-9-3-1-2-8(17)6-9/h1-6H. The van der Waals surface area contributed by atoms with Gasteiger partial charge >= 0.3 is 6.18 Å². The van der Waals surface area contributed by atoms with Gasteiger partial charge in [0.2, 0.25) is 5.88 Å². The number of aromatic nitrogens is 1. The Morgan fingerprint density at radius 2 is 1.89 bits per heavy atom. The minimum Gasteiger partial charge on any atom is -0.439 e. The summed E-state index contributed by atoms with van der Waals surface area (Å²) in [4.78, 5) is 3.71. The number of benzene rings is 1. The molecule has 0 aliphatic carbocycles. The summed E-state index contributed by atoms with van der Waals surface area (Å²) < 4.78 is 44.0. The van der Waals surface area contributed by atoms with E-state index in [1.54, 1.807) is 18.2 Å². The van der Waals surface area contributed by atoms with Crippen molar-refractivity contribution in [3.8, 4) is 11.6 Å². The van der Waals surface area contributed by atoms with Crippen molar-refractivity contribution in [3.05, 3.63) is 50.7 Å². The maximum atomic E-state index is 12.6. The summed E-state index contributed by atoms with van der Waals surface area (Å²) in [5.74, 6) is 0.205. The third kappa shape index (κ3) is 3.97. The van der Waals surface area contributed by atoms with Crippen LogP contribution in [0.25, 0.3) is 0 Å². The first kappa shape index (κ1) is 14.4. The molecule has 0 N–H and O–H groups in total. The van der Waals surface area contributed by atoms with Crippen molar-refractivity contribution >= 4 is 34.2 Å². The van der Waals surface area contributed by atoms with Crippen LogP contribution in [-0.4, -0.2) is 4.98 Å². The molecule has 0 spiro atoms. The summed E-state index contributed by atoms with van der Waals surface area (Å²) in [6.07, 6.45) is -4.49. The Morgan fingerprint density at radius 1 is 1.16 bits per heavy atom. The van der Waals surface area contributed by atoms with Crippen LogP contribution >= 0.6 is 34.2 Å². The third-order valence-electron chi connectivity index (χ3n) is 2.12. The Hall–Kier alpha value is -1.02. The molecule has 19 heavy (non-hydrogen) atoms. The van der Waals surface area contributed by atoms with Crippen LogP contribution in [0.2, 0.25) is 5.15 Å². The number of halogens is 5. The van der Waals surface area contributed by atoms with Crippen LogP contribution in [0.3, 0.4) is 0 Å². The fourth-order valence-electron chi connectivity index (χ4n) is 1.34. The van der Waals surface area contributed by atoms with Gasteiger partial charge in [0.05, 0.1) is 5.56 Å². The Morgan fingerprint density at radius 3 is 2.53 bits per heavy atom. The summed E-state index contributed by atoms with van der Waals surface area (Å²) >= 11 is 7.63. The molecule has 2 nitrogen and oxygen atoms in total. The van der Waals surface area contributed by atoms with E-state index in [1.807, 2.05) is 6.07 Å². The fourth-order valence-corrected chi connectivity index (χ4v) is 2.06.